The summed E-state index contributed by atoms with van der Waals surface area (Å²) in [5.41, 5.74) is 10.2. The van der Waals surface area contributed by atoms with Gasteiger partial charge in [0.2, 0.25) is 0 Å². The molecule has 0 fully saturated rings. The summed E-state index contributed by atoms with van der Waals surface area (Å²) < 4.78 is 5.77. The Morgan fingerprint density at radius 1 is 1.09 bits per heavy atom. The van der Waals surface area contributed by atoms with Crippen LogP contribution in [0.4, 0.5) is 5.69 Å². The first kappa shape index (κ1) is 15.2. The lowest BCUT2D eigenvalue weighted by molar-refractivity contribution is 0.550. The highest BCUT2D eigenvalue weighted by atomic mass is 16.3. The maximum Gasteiger partial charge on any atom is 0.193 e. The van der Waals surface area contributed by atoms with E-state index in [1.54, 1.807) is 0 Å². The molecule has 0 radical (unpaired) electrons. The molecule has 0 aliphatic rings. The van der Waals surface area contributed by atoms with Crippen molar-refractivity contribution >= 4 is 22.6 Å². The van der Waals surface area contributed by atoms with Crippen molar-refractivity contribution in [3.05, 3.63) is 65.4 Å². The molecule has 0 bridgehead atoms. The van der Waals surface area contributed by atoms with Crippen LogP contribution in [0.2, 0.25) is 0 Å². The Hall–Kier alpha value is -2.75. The first-order chi connectivity index (χ1) is 11.1. The lowest BCUT2D eigenvalue weighted by atomic mass is 10.1. The molecule has 1 aromatic heterocycles. The van der Waals surface area contributed by atoms with Crippen LogP contribution < -0.4 is 11.1 Å². The molecule has 0 saturated heterocycles. The van der Waals surface area contributed by atoms with E-state index in [2.05, 4.69) is 48.4 Å². The third-order valence-corrected chi connectivity index (χ3v) is 3.61. The smallest absolute Gasteiger partial charge is 0.193 e. The van der Waals surface area contributed by atoms with Gasteiger partial charge in [-0.2, -0.15) is 0 Å². The van der Waals surface area contributed by atoms with Crippen LogP contribution in [0.25, 0.3) is 11.0 Å². The fraction of sp³-hybridized carbons (Fsp3) is 0.211. The Bertz CT molecular complexity index is 795. The maximum absolute atomic E-state index is 5.95. The molecule has 3 rings (SSSR count). The second-order valence-corrected chi connectivity index (χ2v) is 5.77. The van der Waals surface area contributed by atoms with Crippen LogP contribution in [0.1, 0.15) is 16.9 Å². The highest BCUT2D eigenvalue weighted by molar-refractivity contribution is 5.92. The standard InChI is InChI=1S/C19H21N3O/c1-13-9-14(2)11-16(10-13)22-19(20)21-8-7-17-12-15-5-3-4-6-18(15)23-17/h3-6,9-12H,7-8H2,1-2H3,(H3,20,21,22). The van der Waals surface area contributed by atoms with Crippen molar-refractivity contribution in [3.8, 4) is 0 Å². The Morgan fingerprint density at radius 2 is 1.83 bits per heavy atom. The van der Waals surface area contributed by atoms with Crippen LogP contribution in [0.5, 0.6) is 0 Å². The molecule has 0 atom stereocenters. The number of nitrogens with two attached hydrogens (primary N) is 1. The van der Waals surface area contributed by atoms with Crippen molar-refractivity contribution in [3.63, 3.8) is 0 Å². The van der Waals surface area contributed by atoms with Crippen LogP contribution in [0.15, 0.2) is 57.9 Å². The van der Waals surface area contributed by atoms with Crippen molar-refractivity contribution < 1.29 is 4.42 Å². The molecular formula is C19H21N3O. The molecule has 2 aromatic carbocycles. The van der Waals surface area contributed by atoms with Gasteiger partial charge in [0.1, 0.15) is 11.3 Å². The average Bonchev–Trinajstić information content (AvgIpc) is 2.88. The summed E-state index contributed by atoms with van der Waals surface area (Å²) in [4.78, 5) is 4.37. The predicted octanol–water partition coefficient (Wildman–Crippen LogP) is 4.02. The number of fused-ring (bicyclic) bond motifs is 1. The van der Waals surface area contributed by atoms with E-state index in [1.807, 2.05) is 24.3 Å². The number of nitrogens with one attached hydrogen (secondary N) is 1. The summed E-state index contributed by atoms with van der Waals surface area (Å²) in [7, 11) is 0. The average molecular weight is 307 g/mol. The Kier molecular flexibility index (Phi) is 4.33. The van der Waals surface area contributed by atoms with Gasteiger partial charge in [-0.05, 0) is 49.2 Å². The molecule has 3 aromatic rings. The van der Waals surface area contributed by atoms with E-state index in [9.17, 15) is 0 Å². The normalized spacial score (nSPS) is 11.8. The van der Waals surface area contributed by atoms with E-state index in [1.165, 1.54) is 11.1 Å². The number of hydrogen-bond donors (Lipinski definition) is 2. The molecule has 0 amide bonds. The second-order valence-electron chi connectivity index (χ2n) is 5.77. The molecule has 0 unspecified atom stereocenters. The highest BCUT2D eigenvalue weighted by Crippen LogP contribution is 2.19. The molecule has 23 heavy (non-hydrogen) atoms. The van der Waals surface area contributed by atoms with E-state index < -0.39 is 0 Å². The minimum absolute atomic E-state index is 0.422. The Balaban J connectivity index is 1.60. The number of furan rings is 1. The van der Waals surface area contributed by atoms with E-state index in [4.69, 9.17) is 10.2 Å². The van der Waals surface area contributed by atoms with Gasteiger partial charge < -0.3 is 15.5 Å². The number of nitrogens with zero attached hydrogens (tertiary/aromatic N) is 1. The summed E-state index contributed by atoms with van der Waals surface area (Å²) in [6, 6.07) is 16.3. The Labute approximate surface area is 136 Å². The lowest BCUT2D eigenvalue weighted by Crippen LogP contribution is -2.23. The fourth-order valence-corrected chi connectivity index (χ4v) is 2.68. The van der Waals surface area contributed by atoms with Crippen LogP contribution in [0.3, 0.4) is 0 Å². The maximum atomic E-state index is 5.95. The molecule has 4 nitrogen and oxygen atoms in total. The first-order valence-electron chi connectivity index (χ1n) is 7.73. The number of rotatable bonds is 4. The van der Waals surface area contributed by atoms with Crippen LogP contribution in [-0.2, 0) is 6.42 Å². The van der Waals surface area contributed by atoms with E-state index in [-0.39, 0.29) is 0 Å². The van der Waals surface area contributed by atoms with Crippen LogP contribution >= 0.6 is 0 Å². The molecule has 0 aliphatic carbocycles. The van der Waals surface area contributed by atoms with E-state index >= 15 is 0 Å². The first-order valence-corrected chi connectivity index (χ1v) is 7.73. The van der Waals surface area contributed by atoms with Gasteiger partial charge in [0.25, 0.3) is 0 Å². The number of para-hydroxylation sites is 1. The van der Waals surface area contributed by atoms with Gasteiger partial charge in [-0.3, -0.25) is 4.99 Å². The molecule has 0 saturated carbocycles. The number of hydrogen-bond acceptors (Lipinski definition) is 2. The minimum Gasteiger partial charge on any atom is -0.461 e. The van der Waals surface area contributed by atoms with Gasteiger partial charge in [-0.1, -0.05) is 24.3 Å². The van der Waals surface area contributed by atoms with Gasteiger partial charge in [0.15, 0.2) is 5.96 Å². The number of anilines is 1. The predicted molar refractivity (Wildman–Crippen MR) is 95.9 cm³/mol. The van der Waals surface area contributed by atoms with Crippen molar-refractivity contribution in [2.45, 2.75) is 20.3 Å². The lowest BCUT2D eigenvalue weighted by Gasteiger charge is -2.07. The van der Waals surface area contributed by atoms with Gasteiger partial charge in [-0.25, -0.2) is 0 Å². The van der Waals surface area contributed by atoms with Crippen molar-refractivity contribution in [2.24, 2.45) is 10.7 Å². The topological polar surface area (TPSA) is 63.5 Å². The summed E-state index contributed by atoms with van der Waals surface area (Å²) in [5.74, 6) is 1.35. The summed E-state index contributed by atoms with van der Waals surface area (Å²) in [5, 5.41) is 4.25. The SMILES string of the molecule is Cc1cc(C)cc(NC(N)=NCCc2cc3ccccc3o2)c1. The highest BCUT2D eigenvalue weighted by Gasteiger charge is 2.03. The van der Waals surface area contributed by atoms with Crippen LogP contribution in [0, 0.1) is 13.8 Å². The fourth-order valence-electron chi connectivity index (χ4n) is 2.68. The van der Waals surface area contributed by atoms with Crippen molar-refractivity contribution in [1.82, 2.24) is 0 Å². The second kappa shape index (κ2) is 6.57. The monoisotopic (exact) mass is 307 g/mol. The Morgan fingerprint density at radius 3 is 2.57 bits per heavy atom. The summed E-state index contributed by atoms with van der Waals surface area (Å²) >= 11 is 0. The number of aryl methyl sites for hydroxylation is 2. The van der Waals surface area contributed by atoms with Crippen LogP contribution in [-0.4, -0.2) is 12.5 Å². The molecule has 118 valence electrons. The molecule has 1 heterocycles. The third-order valence-electron chi connectivity index (χ3n) is 3.61. The summed E-state index contributed by atoms with van der Waals surface area (Å²) in [6.07, 6.45) is 0.726. The molecule has 0 aliphatic heterocycles. The van der Waals surface area contributed by atoms with Crippen molar-refractivity contribution in [1.29, 1.82) is 0 Å². The van der Waals surface area contributed by atoms with Gasteiger partial charge in [0, 0.05) is 24.0 Å². The van der Waals surface area contributed by atoms with Crippen molar-refractivity contribution in [2.75, 3.05) is 11.9 Å². The number of aliphatic imine (C=N–C) groups is 1. The molecule has 3 N–H and O–H groups in total. The minimum atomic E-state index is 0.422. The van der Waals surface area contributed by atoms with Gasteiger partial charge in [-0.15, -0.1) is 0 Å². The number of benzene rings is 2. The quantitative estimate of drug-likeness (QED) is 0.565. The third kappa shape index (κ3) is 3.92. The number of guanidine groups is 1. The molecular weight excluding hydrogens is 286 g/mol. The van der Waals surface area contributed by atoms with E-state index in [0.29, 0.717) is 12.5 Å². The largest absolute Gasteiger partial charge is 0.461 e. The summed E-state index contributed by atoms with van der Waals surface area (Å²) in [6.45, 7) is 4.71. The zero-order valence-electron chi connectivity index (χ0n) is 13.5. The zero-order valence-corrected chi connectivity index (χ0v) is 13.5. The molecule has 0 spiro atoms. The van der Waals surface area contributed by atoms with E-state index in [0.717, 1.165) is 28.8 Å². The molecule has 4 heteroatoms. The zero-order chi connectivity index (χ0) is 16.2. The van der Waals surface area contributed by atoms with Gasteiger partial charge >= 0.3 is 0 Å². The van der Waals surface area contributed by atoms with Gasteiger partial charge in [0.05, 0.1) is 0 Å².